The number of alkyl halides is 6. The minimum absolute atomic E-state index is 0.0298. The Morgan fingerprint density at radius 2 is 1.71 bits per heavy atom. The molecule has 1 saturated heterocycles. The number of benzene rings is 1. The highest BCUT2D eigenvalue weighted by atomic mass is 19.4. The molecule has 4 aromatic rings. The smallest absolute Gasteiger partial charge is 0.433 e. The lowest BCUT2D eigenvalue weighted by Crippen LogP contribution is -2.41. The first kappa shape index (κ1) is 23.3. The van der Waals surface area contributed by atoms with E-state index in [0.717, 1.165) is 11.8 Å². The number of furan rings is 1. The molecule has 12 heteroatoms. The van der Waals surface area contributed by atoms with E-state index in [2.05, 4.69) is 9.97 Å². The summed E-state index contributed by atoms with van der Waals surface area (Å²) in [6.07, 6.45) is -5.86. The number of fused-ring (bicyclic) bond motifs is 6. The standard InChI is InChI=1S/C26H18F6N4O2/c27-25(28,29)13-7-20(26(30,31)32)34-21(8-13)36-18-11-17(15-10-16(15)18)23(36)24-33-5-3-22(37)35(24)14-2-1-12-4-6-38-19(12)9-14/h1-9,15-18,23H,10-11H2/t15?,16?,17-,18+,23+/m1/s1. The molecule has 3 aromatic heterocycles. The van der Waals surface area contributed by atoms with Gasteiger partial charge in [-0.1, -0.05) is 0 Å². The lowest BCUT2D eigenvalue weighted by Gasteiger charge is -2.37. The van der Waals surface area contributed by atoms with Crippen LogP contribution in [0.5, 0.6) is 0 Å². The van der Waals surface area contributed by atoms with Crippen molar-refractivity contribution in [1.29, 1.82) is 0 Å². The van der Waals surface area contributed by atoms with Crippen LogP contribution in [-0.4, -0.2) is 20.6 Å². The number of piperidine rings is 1. The third-order valence-corrected chi connectivity index (χ3v) is 8.04. The fourth-order valence-electron chi connectivity index (χ4n) is 6.45. The molecule has 0 spiro atoms. The number of aromatic nitrogens is 3. The molecule has 2 aliphatic carbocycles. The van der Waals surface area contributed by atoms with Crippen LogP contribution in [-0.2, 0) is 12.4 Å². The van der Waals surface area contributed by atoms with Crippen molar-refractivity contribution in [3.63, 3.8) is 0 Å². The number of anilines is 1. The number of pyridine rings is 1. The Balaban J connectivity index is 1.42. The first-order chi connectivity index (χ1) is 18.0. The summed E-state index contributed by atoms with van der Waals surface area (Å²) in [6, 6.07) is 7.80. The summed E-state index contributed by atoms with van der Waals surface area (Å²) in [5, 5.41) is 0.808. The fraction of sp³-hybridized carbons (Fsp3) is 0.346. The van der Waals surface area contributed by atoms with E-state index in [0.29, 0.717) is 23.8 Å². The molecule has 6 nitrogen and oxygen atoms in total. The van der Waals surface area contributed by atoms with Crippen LogP contribution in [0.15, 0.2) is 64.1 Å². The lowest BCUT2D eigenvalue weighted by atomic mass is 9.95. The van der Waals surface area contributed by atoms with Crippen molar-refractivity contribution in [3.8, 4) is 5.69 Å². The maximum Gasteiger partial charge on any atom is 0.433 e. The summed E-state index contributed by atoms with van der Waals surface area (Å²) < 4.78 is 88.8. The van der Waals surface area contributed by atoms with Gasteiger partial charge in [0.15, 0.2) is 0 Å². The van der Waals surface area contributed by atoms with Crippen molar-refractivity contribution in [2.24, 2.45) is 17.8 Å². The van der Waals surface area contributed by atoms with Crippen molar-refractivity contribution in [2.75, 3.05) is 4.90 Å². The maximum absolute atomic E-state index is 13.7. The number of nitrogens with zero attached hydrogens (tertiary/aromatic N) is 4. The third-order valence-electron chi connectivity index (χ3n) is 8.04. The van der Waals surface area contributed by atoms with Crippen molar-refractivity contribution < 1.29 is 30.8 Å². The van der Waals surface area contributed by atoms with Gasteiger partial charge in [0.25, 0.3) is 5.56 Å². The minimum atomic E-state index is -5.07. The van der Waals surface area contributed by atoms with Crippen LogP contribution in [0.25, 0.3) is 16.7 Å². The SMILES string of the molecule is O=c1ccnc([C@@H]2[C@@H]3C[C@@H](C4CC43)N2c2cc(C(F)(F)F)cc(C(F)(F)F)n2)n1-c1ccc2ccoc2c1. The average Bonchev–Trinajstić information content (AvgIpc) is 3.20. The first-order valence-electron chi connectivity index (χ1n) is 12.0. The zero-order valence-corrected chi connectivity index (χ0v) is 19.4. The molecule has 196 valence electrons. The van der Waals surface area contributed by atoms with E-state index < -0.39 is 41.0 Å². The molecule has 3 fully saturated rings. The van der Waals surface area contributed by atoms with Crippen molar-refractivity contribution in [1.82, 2.24) is 14.5 Å². The molecule has 5 atom stereocenters. The number of halogens is 6. The third kappa shape index (κ3) is 3.45. The average molecular weight is 532 g/mol. The number of hydrogen-bond donors (Lipinski definition) is 0. The summed E-state index contributed by atoms with van der Waals surface area (Å²) in [4.78, 5) is 22.8. The van der Waals surface area contributed by atoms with E-state index in [4.69, 9.17) is 4.42 Å². The molecule has 4 heterocycles. The van der Waals surface area contributed by atoms with Crippen LogP contribution in [0, 0.1) is 17.8 Å². The molecule has 0 N–H and O–H groups in total. The molecular weight excluding hydrogens is 514 g/mol. The van der Waals surface area contributed by atoms with E-state index in [1.807, 2.05) is 0 Å². The maximum atomic E-state index is 13.7. The Kier molecular flexibility index (Phi) is 4.66. The fourth-order valence-corrected chi connectivity index (χ4v) is 6.45. The normalized spacial score (nSPS) is 26.3. The van der Waals surface area contributed by atoms with Crippen LogP contribution in [0.4, 0.5) is 32.2 Å². The Labute approximate surface area is 210 Å². The van der Waals surface area contributed by atoms with Gasteiger partial charge in [0.1, 0.15) is 22.9 Å². The molecule has 0 radical (unpaired) electrons. The molecule has 7 rings (SSSR count). The number of hydrogen-bond acceptors (Lipinski definition) is 5. The van der Waals surface area contributed by atoms with Gasteiger partial charge in [0.2, 0.25) is 0 Å². The summed E-state index contributed by atoms with van der Waals surface area (Å²) in [7, 11) is 0. The molecule has 2 bridgehead atoms. The topological polar surface area (TPSA) is 64.2 Å². The molecule has 0 amide bonds. The number of rotatable bonds is 3. The summed E-state index contributed by atoms with van der Waals surface area (Å²) in [5.74, 6) is 0.163. The molecule has 2 unspecified atom stereocenters. The zero-order chi connectivity index (χ0) is 26.6. The Morgan fingerprint density at radius 1 is 0.895 bits per heavy atom. The monoisotopic (exact) mass is 532 g/mol. The minimum Gasteiger partial charge on any atom is -0.464 e. The lowest BCUT2D eigenvalue weighted by molar-refractivity contribution is -0.145. The zero-order valence-electron chi connectivity index (χ0n) is 19.4. The first-order valence-corrected chi connectivity index (χ1v) is 12.0. The van der Waals surface area contributed by atoms with Gasteiger partial charge in [-0.2, -0.15) is 26.3 Å². The van der Waals surface area contributed by atoms with Gasteiger partial charge in [0.05, 0.1) is 23.6 Å². The molecule has 1 aromatic carbocycles. The van der Waals surface area contributed by atoms with Crippen LogP contribution in [0.3, 0.4) is 0 Å². The Morgan fingerprint density at radius 3 is 2.47 bits per heavy atom. The van der Waals surface area contributed by atoms with Gasteiger partial charge in [-0.3, -0.25) is 9.36 Å². The largest absolute Gasteiger partial charge is 0.464 e. The summed E-state index contributed by atoms with van der Waals surface area (Å²) in [5.41, 5.74) is -2.51. The highest BCUT2D eigenvalue weighted by Gasteiger charge is 2.66. The van der Waals surface area contributed by atoms with Gasteiger partial charge in [-0.25, -0.2) is 9.97 Å². The highest BCUT2D eigenvalue weighted by Crippen LogP contribution is 2.67. The second kappa shape index (κ2) is 7.61. The van der Waals surface area contributed by atoms with E-state index in [1.165, 1.54) is 28.0 Å². The molecule has 2 saturated carbocycles. The molecule has 3 aliphatic rings. The van der Waals surface area contributed by atoms with E-state index in [1.54, 1.807) is 24.3 Å². The van der Waals surface area contributed by atoms with Crippen molar-refractivity contribution >= 4 is 16.8 Å². The van der Waals surface area contributed by atoms with Gasteiger partial charge >= 0.3 is 12.4 Å². The van der Waals surface area contributed by atoms with Crippen LogP contribution in [0.1, 0.15) is 36.0 Å². The van der Waals surface area contributed by atoms with Crippen LogP contribution < -0.4 is 10.5 Å². The highest BCUT2D eigenvalue weighted by molar-refractivity contribution is 5.79. The predicted molar refractivity (Wildman–Crippen MR) is 123 cm³/mol. The van der Waals surface area contributed by atoms with E-state index in [-0.39, 0.29) is 35.7 Å². The second-order valence-corrected chi connectivity index (χ2v) is 10.1. The van der Waals surface area contributed by atoms with Gasteiger partial charge < -0.3 is 9.32 Å². The van der Waals surface area contributed by atoms with E-state index in [9.17, 15) is 31.1 Å². The van der Waals surface area contributed by atoms with E-state index >= 15 is 0 Å². The van der Waals surface area contributed by atoms with Crippen LogP contribution >= 0.6 is 0 Å². The van der Waals surface area contributed by atoms with Crippen molar-refractivity contribution in [2.45, 2.75) is 37.3 Å². The molecular formula is C26H18F6N4O2. The van der Waals surface area contributed by atoms with Crippen molar-refractivity contribution in [3.05, 3.63) is 82.4 Å². The molecule has 1 aliphatic heterocycles. The molecule has 38 heavy (non-hydrogen) atoms. The Hall–Kier alpha value is -3.83. The second-order valence-electron chi connectivity index (χ2n) is 10.1. The Bertz CT molecular complexity index is 1610. The van der Waals surface area contributed by atoms with Gasteiger partial charge in [-0.05, 0) is 60.9 Å². The van der Waals surface area contributed by atoms with Crippen LogP contribution in [0.2, 0.25) is 0 Å². The predicted octanol–water partition coefficient (Wildman–Crippen LogP) is 6.00. The summed E-state index contributed by atoms with van der Waals surface area (Å²) in [6.45, 7) is 0. The van der Waals surface area contributed by atoms with Gasteiger partial charge in [0, 0.05) is 29.8 Å². The summed E-state index contributed by atoms with van der Waals surface area (Å²) >= 11 is 0. The van der Waals surface area contributed by atoms with Gasteiger partial charge in [-0.15, -0.1) is 0 Å². The quantitative estimate of drug-likeness (QED) is 0.303.